The van der Waals surface area contributed by atoms with E-state index in [9.17, 15) is 0 Å². The summed E-state index contributed by atoms with van der Waals surface area (Å²) in [6.07, 6.45) is 11.3. The van der Waals surface area contributed by atoms with Crippen LogP contribution < -0.4 is 10.2 Å². The Bertz CT molecular complexity index is 581. The van der Waals surface area contributed by atoms with Crippen molar-refractivity contribution in [1.82, 2.24) is 14.8 Å². The van der Waals surface area contributed by atoms with Crippen molar-refractivity contribution in [2.75, 3.05) is 23.3 Å². The van der Waals surface area contributed by atoms with Crippen LogP contribution in [0, 0.1) is 0 Å². The monoisotopic (exact) mass is 283 g/mol. The molecule has 1 N–H and O–H groups in total. The van der Waals surface area contributed by atoms with Crippen LogP contribution in [-0.2, 0) is 6.54 Å². The van der Waals surface area contributed by atoms with E-state index in [1.165, 1.54) is 19.3 Å². The number of rotatable bonds is 5. The first-order valence-electron chi connectivity index (χ1n) is 7.45. The second-order valence-electron chi connectivity index (χ2n) is 5.32. The first-order chi connectivity index (χ1) is 10.3. The quantitative estimate of drug-likeness (QED) is 0.916. The fourth-order valence-corrected chi connectivity index (χ4v) is 2.57. The molecule has 5 heteroatoms. The minimum atomic E-state index is 0.735. The Hall–Kier alpha value is -2.30. The van der Waals surface area contributed by atoms with Crippen molar-refractivity contribution < 1.29 is 0 Å². The number of pyridine rings is 1. The lowest BCUT2D eigenvalue weighted by atomic mass is 10.1. The summed E-state index contributed by atoms with van der Waals surface area (Å²) in [7, 11) is 0. The van der Waals surface area contributed by atoms with Crippen molar-refractivity contribution >= 4 is 17.7 Å². The van der Waals surface area contributed by atoms with Gasteiger partial charge in [0.25, 0.3) is 0 Å². The molecule has 5 nitrogen and oxygen atoms in total. The molecular weight excluding hydrogens is 262 g/mol. The molecular formula is C16H21N5. The SMILES string of the molecule is C=Cn1cc(CNc2ccc(N3CCCCC3)nc2)cn1. The number of nitrogens with zero attached hydrogens (tertiary/aromatic N) is 4. The van der Waals surface area contributed by atoms with Crippen molar-refractivity contribution in [3.05, 3.63) is 42.9 Å². The molecule has 0 aliphatic carbocycles. The van der Waals surface area contributed by atoms with E-state index in [0.717, 1.165) is 36.7 Å². The lowest BCUT2D eigenvalue weighted by Crippen LogP contribution is -2.30. The molecule has 0 bridgehead atoms. The topological polar surface area (TPSA) is 46.0 Å². The summed E-state index contributed by atoms with van der Waals surface area (Å²) >= 11 is 0. The first kappa shape index (κ1) is 13.7. The van der Waals surface area contributed by atoms with Crippen molar-refractivity contribution in [2.24, 2.45) is 0 Å². The van der Waals surface area contributed by atoms with Gasteiger partial charge in [0.05, 0.1) is 18.1 Å². The summed E-state index contributed by atoms with van der Waals surface area (Å²) in [5, 5.41) is 7.52. The molecule has 1 aliphatic rings. The van der Waals surface area contributed by atoms with E-state index in [1.807, 2.05) is 18.6 Å². The number of anilines is 2. The summed E-state index contributed by atoms with van der Waals surface area (Å²) in [4.78, 5) is 6.92. The van der Waals surface area contributed by atoms with Crippen molar-refractivity contribution in [3.63, 3.8) is 0 Å². The van der Waals surface area contributed by atoms with E-state index < -0.39 is 0 Å². The molecule has 2 aromatic rings. The summed E-state index contributed by atoms with van der Waals surface area (Å²) in [6, 6.07) is 4.19. The van der Waals surface area contributed by atoms with Crippen LogP contribution in [0.5, 0.6) is 0 Å². The molecule has 3 heterocycles. The van der Waals surface area contributed by atoms with Gasteiger partial charge in [-0.1, -0.05) is 6.58 Å². The Morgan fingerprint density at radius 1 is 1.19 bits per heavy atom. The Morgan fingerprint density at radius 2 is 2.05 bits per heavy atom. The molecule has 0 saturated carbocycles. The van der Waals surface area contributed by atoms with Gasteiger partial charge in [0.1, 0.15) is 5.82 Å². The molecule has 1 fully saturated rings. The highest BCUT2D eigenvalue weighted by molar-refractivity contribution is 5.49. The molecule has 0 atom stereocenters. The van der Waals surface area contributed by atoms with Gasteiger partial charge >= 0.3 is 0 Å². The van der Waals surface area contributed by atoms with Gasteiger partial charge in [0.15, 0.2) is 0 Å². The van der Waals surface area contributed by atoms with Gasteiger partial charge in [0.2, 0.25) is 0 Å². The highest BCUT2D eigenvalue weighted by atomic mass is 15.2. The Balaban J connectivity index is 1.57. The molecule has 110 valence electrons. The predicted octanol–water partition coefficient (Wildman–Crippen LogP) is 2.98. The highest BCUT2D eigenvalue weighted by Crippen LogP contribution is 2.19. The Kier molecular flexibility index (Phi) is 4.19. The number of piperidine rings is 1. The van der Waals surface area contributed by atoms with Gasteiger partial charge in [-0.2, -0.15) is 5.10 Å². The van der Waals surface area contributed by atoms with Gasteiger partial charge in [-0.05, 0) is 31.4 Å². The number of nitrogens with one attached hydrogen (secondary N) is 1. The molecule has 1 saturated heterocycles. The largest absolute Gasteiger partial charge is 0.380 e. The van der Waals surface area contributed by atoms with Crippen LogP contribution in [-0.4, -0.2) is 27.9 Å². The standard InChI is InChI=1S/C16H21N5/c1-2-21-13-14(11-19-21)10-17-15-6-7-16(18-12-15)20-8-4-3-5-9-20/h2,6-7,11-13,17H,1,3-5,8-10H2. The zero-order valence-electron chi connectivity index (χ0n) is 12.2. The summed E-state index contributed by atoms with van der Waals surface area (Å²) in [6.45, 7) is 6.67. The van der Waals surface area contributed by atoms with E-state index in [0.29, 0.717) is 0 Å². The maximum atomic E-state index is 4.56. The lowest BCUT2D eigenvalue weighted by Gasteiger charge is -2.27. The highest BCUT2D eigenvalue weighted by Gasteiger charge is 2.11. The molecule has 1 aliphatic heterocycles. The van der Waals surface area contributed by atoms with Crippen LogP contribution in [0.1, 0.15) is 24.8 Å². The Labute approximate surface area is 125 Å². The average molecular weight is 283 g/mol. The molecule has 0 radical (unpaired) electrons. The lowest BCUT2D eigenvalue weighted by molar-refractivity contribution is 0.573. The summed E-state index contributed by atoms with van der Waals surface area (Å²) < 4.78 is 1.70. The molecule has 2 aromatic heterocycles. The van der Waals surface area contributed by atoms with Gasteiger partial charge in [-0.3, -0.25) is 0 Å². The second-order valence-corrected chi connectivity index (χ2v) is 5.32. The molecule has 3 rings (SSSR count). The summed E-state index contributed by atoms with van der Waals surface area (Å²) in [5.74, 6) is 1.08. The van der Waals surface area contributed by atoms with Crippen LogP contribution in [0.25, 0.3) is 6.20 Å². The van der Waals surface area contributed by atoms with Crippen LogP contribution >= 0.6 is 0 Å². The van der Waals surface area contributed by atoms with Crippen LogP contribution in [0.4, 0.5) is 11.5 Å². The van der Waals surface area contributed by atoms with E-state index >= 15 is 0 Å². The Morgan fingerprint density at radius 3 is 2.71 bits per heavy atom. The second kappa shape index (κ2) is 6.43. The maximum Gasteiger partial charge on any atom is 0.128 e. The van der Waals surface area contributed by atoms with Crippen LogP contribution in [0.3, 0.4) is 0 Å². The third-order valence-electron chi connectivity index (χ3n) is 3.77. The number of aromatic nitrogens is 3. The molecule has 0 spiro atoms. The van der Waals surface area contributed by atoms with Crippen molar-refractivity contribution in [2.45, 2.75) is 25.8 Å². The minimum Gasteiger partial charge on any atom is -0.380 e. The van der Waals surface area contributed by atoms with Gasteiger partial charge in [-0.15, -0.1) is 0 Å². The van der Waals surface area contributed by atoms with Crippen LogP contribution in [0.2, 0.25) is 0 Å². The number of hydrogen-bond acceptors (Lipinski definition) is 4. The molecule has 0 unspecified atom stereocenters. The van der Waals surface area contributed by atoms with E-state index in [-0.39, 0.29) is 0 Å². The van der Waals surface area contributed by atoms with Crippen molar-refractivity contribution in [3.8, 4) is 0 Å². The molecule has 21 heavy (non-hydrogen) atoms. The summed E-state index contributed by atoms with van der Waals surface area (Å²) in [5.41, 5.74) is 2.15. The normalized spacial score (nSPS) is 15.0. The number of hydrogen-bond donors (Lipinski definition) is 1. The predicted molar refractivity (Wildman–Crippen MR) is 86.2 cm³/mol. The van der Waals surface area contributed by atoms with Gasteiger partial charge in [-0.25, -0.2) is 9.67 Å². The zero-order chi connectivity index (χ0) is 14.5. The minimum absolute atomic E-state index is 0.735. The third-order valence-corrected chi connectivity index (χ3v) is 3.77. The van der Waals surface area contributed by atoms with Crippen molar-refractivity contribution in [1.29, 1.82) is 0 Å². The smallest absolute Gasteiger partial charge is 0.128 e. The van der Waals surface area contributed by atoms with Gasteiger partial charge in [0, 0.05) is 37.6 Å². The van der Waals surface area contributed by atoms with E-state index in [2.05, 4.69) is 39.0 Å². The maximum absolute atomic E-state index is 4.56. The van der Waals surface area contributed by atoms with Crippen LogP contribution in [0.15, 0.2) is 37.3 Å². The first-order valence-corrected chi connectivity index (χ1v) is 7.45. The zero-order valence-corrected chi connectivity index (χ0v) is 12.2. The fraction of sp³-hybridized carbons (Fsp3) is 0.375. The van der Waals surface area contributed by atoms with E-state index in [1.54, 1.807) is 10.9 Å². The fourth-order valence-electron chi connectivity index (χ4n) is 2.57. The molecule has 0 aromatic carbocycles. The van der Waals surface area contributed by atoms with Gasteiger partial charge < -0.3 is 10.2 Å². The van der Waals surface area contributed by atoms with E-state index in [4.69, 9.17) is 0 Å². The third kappa shape index (κ3) is 3.42. The average Bonchev–Trinajstić information content (AvgIpc) is 3.02. The molecule has 0 amide bonds.